The fraction of sp³-hybridized carbons (Fsp3) is 0.200. The van der Waals surface area contributed by atoms with E-state index in [1.807, 2.05) is 68.6 Å². The number of nitrogens with one attached hydrogen (secondary N) is 1. The maximum absolute atomic E-state index is 12.4. The largest absolute Gasteiger partial charge is 0.494 e. The van der Waals surface area contributed by atoms with Crippen LogP contribution in [0, 0.1) is 13.8 Å². The average Bonchev–Trinajstić information content (AvgIpc) is 3.06. The van der Waals surface area contributed by atoms with E-state index in [9.17, 15) is 4.79 Å². The van der Waals surface area contributed by atoms with E-state index in [0.29, 0.717) is 17.3 Å². The van der Waals surface area contributed by atoms with E-state index in [0.717, 1.165) is 22.6 Å². The summed E-state index contributed by atoms with van der Waals surface area (Å²) < 4.78 is 5.45. The summed E-state index contributed by atoms with van der Waals surface area (Å²) in [6, 6.07) is 13.5. The standard InChI is InChI=1S/C20H20N2O2S/c1-4-24-17-9-7-15(8-10-17)18-12-25-20(21-18)22-19(23)16-6-5-13(2)14(3)11-16/h5-12H,4H2,1-3H3,(H,21,22,23). The predicted octanol–water partition coefficient (Wildman–Crippen LogP) is 5.08. The van der Waals surface area contributed by atoms with Crippen LogP contribution < -0.4 is 10.1 Å². The first-order chi connectivity index (χ1) is 12.1. The number of anilines is 1. The Bertz CT molecular complexity index is 885. The van der Waals surface area contributed by atoms with E-state index in [2.05, 4.69) is 10.3 Å². The molecule has 0 saturated carbocycles. The summed E-state index contributed by atoms with van der Waals surface area (Å²) in [4.78, 5) is 16.9. The van der Waals surface area contributed by atoms with Crippen LogP contribution in [0.4, 0.5) is 5.13 Å². The van der Waals surface area contributed by atoms with Gasteiger partial charge < -0.3 is 4.74 Å². The third kappa shape index (κ3) is 4.06. The van der Waals surface area contributed by atoms with Gasteiger partial charge in [0.25, 0.3) is 5.91 Å². The molecule has 3 rings (SSSR count). The molecule has 1 amide bonds. The molecule has 1 aromatic heterocycles. The quantitative estimate of drug-likeness (QED) is 0.697. The Hall–Kier alpha value is -2.66. The minimum absolute atomic E-state index is 0.143. The maximum Gasteiger partial charge on any atom is 0.257 e. The number of aryl methyl sites for hydroxylation is 2. The molecule has 128 valence electrons. The summed E-state index contributed by atoms with van der Waals surface area (Å²) in [6.45, 7) is 6.63. The van der Waals surface area contributed by atoms with Gasteiger partial charge in [0.1, 0.15) is 5.75 Å². The molecule has 0 spiro atoms. The van der Waals surface area contributed by atoms with E-state index < -0.39 is 0 Å². The van der Waals surface area contributed by atoms with Crippen molar-refractivity contribution in [3.8, 4) is 17.0 Å². The highest BCUT2D eigenvalue weighted by Crippen LogP contribution is 2.27. The predicted molar refractivity (Wildman–Crippen MR) is 103 cm³/mol. The van der Waals surface area contributed by atoms with Crippen LogP contribution >= 0.6 is 11.3 Å². The number of rotatable bonds is 5. The zero-order valence-electron chi connectivity index (χ0n) is 14.5. The lowest BCUT2D eigenvalue weighted by molar-refractivity contribution is 0.102. The van der Waals surface area contributed by atoms with Crippen LogP contribution in [0.5, 0.6) is 5.75 Å². The Morgan fingerprint density at radius 3 is 2.56 bits per heavy atom. The molecule has 0 saturated heterocycles. The number of ether oxygens (including phenoxy) is 1. The van der Waals surface area contributed by atoms with Gasteiger partial charge in [-0.15, -0.1) is 11.3 Å². The fourth-order valence-corrected chi connectivity index (χ4v) is 3.12. The molecule has 3 aromatic rings. The van der Waals surface area contributed by atoms with Gasteiger partial charge in [-0.25, -0.2) is 4.98 Å². The zero-order valence-corrected chi connectivity index (χ0v) is 15.3. The SMILES string of the molecule is CCOc1ccc(-c2csc(NC(=O)c3ccc(C)c(C)c3)n2)cc1. The maximum atomic E-state index is 12.4. The minimum Gasteiger partial charge on any atom is -0.494 e. The first-order valence-corrected chi connectivity index (χ1v) is 9.02. The summed E-state index contributed by atoms with van der Waals surface area (Å²) in [6.07, 6.45) is 0. The van der Waals surface area contributed by atoms with Crippen molar-refractivity contribution in [3.05, 3.63) is 64.5 Å². The van der Waals surface area contributed by atoms with E-state index in [1.165, 1.54) is 16.9 Å². The molecule has 0 unspecified atom stereocenters. The Kier molecular flexibility index (Phi) is 5.14. The van der Waals surface area contributed by atoms with Crippen molar-refractivity contribution in [1.82, 2.24) is 4.98 Å². The van der Waals surface area contributed by atoms with Gasteiger partial charge in [-0.1, -0.05) is 6.07 Å². The number of aromatic nitrogens is 1. The number of carbonyl (C=O) groups is 1. The fourth-order valence-electron chi connectivity index (χ4n) is 2.40. The molecule has 5 heteroatoms. The third-order valence-electron chi connectivity index (χ3n) is 3.95. The van der Waals surface area contributed by atoms with E-state index in [1.54, 1.807) is 0 Å². The molecular formula is C20H20N2O2S. The Labute approximate surface area is 151 Å². The first-order valence-electron chi connectivity index (χ1n) is 8.14. The van der Waals surface area contributed by atoms with Gasteiger partial charge in [-0.2, -0.15) is 0 Å². The summed E-state index contributed by atoms with van der Waals surface area (Å²) >= 11 is 1.41. The van der Waals surface area contributed by atoms with Crippen molar-refractivity contribution in [3.63, 3.8) is 0 Å². The van der Waals surface area contributed by atoms with E-state index >= 15 is 0 Å². The number of hydrogen-bond acceptors (Lipinski definition) is 4. The molecule has 4 nitrogen and oxygen atoms in total. The number of nitrogens with zero attached hydrogens (tertiary/aromatic N) is 1. The molecule has 25 heavy (non-hydrogen) atoms. The lowest BCUT2D eigenvalue weighted by atomic mass is 10.1. The number of benzene rings is 2. The number of carbonyl (C=O) groups excluding carboxylic acids is 1. The normalized spacial score (nSPS) is 10.5. The molecule has 0 aliphatic carbocycles. The highest BCUT2D eigenvalue weighted by molar-refractivity contribution is 7.14. The molecule has 1 N–H and O–H groups in total. The second-order valence-electron chi connectivity index (χ2n) is 5.75. The van der Waals surface area contributed by atoms with Crippen LogP contribution in [0.2, 0.25) is 0 Å². The summed E-state index contributed by atoms with van der Waals surface area (Å²) in [5.41, 5.74) is 4.74. The second-order valence-corrected chi connectivity index (χ2v) is 6.61. The zero-order chi connectivity index (χ0) is 17.8. The van der Waals surface area contributed by atoms with Crippen LogP contribution in [0.15, 0.2) is 47.8 Å². The summed E-state index contributed by atoms with van der Waals surface area (Å²) in [5, 5.41) is 5.40. The van der Waals surface area contributed by atoms with Crippen molar-refractivity contribution < 1.29 is 9.53 Å². The molecule has 0 bridgehead atoms. The minimum atomic E-state index is -0.143. The van der Waals surface area contributed by atoms with Gasteiger partial charge >= 0.3 is 0 Å². The van der Waals surface area contributed by atoms with Crippen LogP contribution in [-0.2, 0) is 0 Å². The average molecular weight is 352 g/mol. The molecule has 0 atom stereocenters. The van der Waals surface area contributed by atoms with Crippen molar-refractivity contribution in [2.75, 3.05) is 11.9 Å². The van der Waals surface area contributed by atoms with Crippen LogP contribution in [-0.4, -0.2) is 17.5 Å². The molecule has 2 aromatic carbocycles. The van der Waals surface area contributed by atoms with Gasteiger partial charge in [0, 0.05) is 16.5 Å². The number of hydrogen-bond donors (Lipinski definition) is 1. The van der Waals surface area contributed by atoms with Gasteiger partial charge in [-0.05, 0) is 68.3 Å². The highest BCUT2D eigenvalue weighted by Gasteiger charge is 2.11. The Morgan fingerprint density at radius 1 is 1.12 bits per heavy atom. The molecule has 0 aliphatic heterocycles. The van der Waals surface area contributed by atoms with E-state index in [4.69, 9.17) is 4.74 Å². The van der Waals surface area contributed by atoms with E-state index in [-0.39, 0.29) is 5.91 Å². The number of thiazole rings is 1. The Morgan fingerprint density at radius 2 is 1.88 bits per heavy atom. The lowest BCUT2D eigenvalue weighted by Gasteiger charge is -2.05. The smallest absolute Gasteiger partial charge is 0.257 e. The molecule has 0 aliphatic rings. The molecular weight excluding hydrogens is 332 g/mol. The first kappa shape index (κ1) is 17.2. The number of amides is 1. The summed E-state index contributed by atoms with van der Waals surface area (Å²) in [5.74, 6) is 0.695. The summed E-state index contributed by atoms with van der Waals surface area (Å²) in [7, 11) is 0. The van der Waals surface area contributed by atoms with Gasteiger partial charge in [0.2, 0.25) is 0 Å². The van der Waals surface area contributed by atoms with Gasteiger partial charge in [0.15, 0.2) is 5.13 Å². The third-order valence-corrected chi connectivity index (χ3v) is 4.71. The Balaban J connectivity index is 1.72. The second kappa shape index (κ2) is 7.49. The molecule has 0 fully saturated rings. The van der Waals surface area contributed by atoms with Crippen LogP contribution in [0.3, 0.4) is 0 Å². The van der Waals surface area contributed by atoms with Crippen molar-refractivity contribution in [1.29, 1.82) is 0 Å². The topological polar surface area (TPSA) is 51.2 Å². The van der Waals surface area contributed by atoms with Gasteiger partial charge in [-0.3, -0.25) is 10.1 Å². The molecule has 1 heterocycles. The molecule has 0 radical (unpaired) electrons. The van der Waals surface area contributed by atoms with Crippen molar-refractivity contribution in [2.45, 2.75) is 20.8 Å². The van der Waals surface area contributed by atoms with Gasteiger partial charge in [0.05, 0.1) is 12.3 Å². The monoisotopic (exact) mass is 352 g/mol. The highest BCUT2D eigenvalue weighted by atomic mass is 32.1. The van der Waals surface area contributed by atoms with Crippen molar-refractivity contribution in [2.24, 2.45) is 0 Å². The lowest BCUT2D eigenvalue weighted by Crippen LogP contribution is -2.12. The van der Waals surface area contributed by atoms with Crippen LogP contribution in [0.25, 0.3) is 11.3 Å². The van der Waals surface area contributed by atoms with Crippen LogP contribution in [0.1, 0.15) is 28.4 Å². The van der Waals surface area contributed by atoms with Crippen molar-refractivity contribution >= 4 is 22.4 Å².